The monoisotopic (exact) mass is 438 g/mol. The Morgan fingerprint density at radius 1 is 1.13 bits per heavy atom. The Hall–Kier alpha value is -3.47. The van der Waals surface area contributed by atoms with Crippen LogP contribution in [-0.2, 0) is 12.6 Å². The molecule has 3 aromatic rings. The van der Waals surface area contributed by atoms with E-state index in [0.717, 1.165) is 11.6 Å². The molecule has 0 fully saturated rings. The average Bonchev–Trinajstić information content (AvgIpc) is 3.29. The fourth-order valence-corrected chi connectivity index (χ4v) is 3.17. The molecule has 0 radical (unpaired) electrons. The van der Waals surface area contributed by atoms with Gasteiger partial charge in [0.25, 0.3) is 5.91 Å². The van der Waals surface area contributed by atoms with Crippen LogP contribution in [0.5, 0.6) is 0 Å². The van der Waals surface area contributed by atoms with Crippen LogP contribution in [-0.4, -0.2) is 34.3 Å². The number of urea groups is 1. The highest BCUT2D eigenvalue weighted by molar-refractivity contribution is 6.07. The average molecular weight is 438 g/mol. The molecule has 0 saturated carbocycles. The van der Waals surface area contributed by atoms with E-state index in [1.165, 1.54) is 13.0 Å². The highest BCUT2D eigenvalue weighted by Crippen LogP contribution is 2.42. The molecule has 4 N–H and O–H groups in total. The molecule has 0 bridgehead atoms. The number of benzene rings is 1. The normalized spacial score (nSPS) is 13.6. The van der Waals surface area contributed by atoms with E-state index >= 15 is 0 Å². The lowest BCUT2D eigenvalue weighted by molar-refractivity contribution is -0.274. The molecule has 0 spiro atoms. The molecule has 3 rings (SSSR count). The molecule has 0 aliphatic heterocycles. The van der Waals surface area contributed by atoms with Crippen molar-refractivity contribution in [2.45, 2.75) is 25.1 Å². The summed E-state index contributed by atoms with van der Waals surface area (Å²) in [5.41, 5.74) is 2.15. The number of hydrogen-bond acceptors (Lipinski definition) is 4. The van der Waals surface area contributed by atoms with Crippen molar-refractivity contribution >= 4 is 22.8 Å². The first-order chi connectivity index (χ1) is 14.5. The van der Waals surface area contributed by atoms with Crippen LogP contribution in [0.25, 0.3) is 10.9 Å². The molecular weight excluding hydrogens is 417 g/mol. The van der Waals surface area contributed by atoms with Gasteiger partial charge in [0.05, 0.1) is 5.56 Å². The van der Waals surface area contributed by atoms with E-state index in [1.807, 2.05) is 12.1 Å². The van der Waals surface area contributed by atoms with Crippen LogP contribution < -0.4 is 16.2 Å². The van der Waals surface area contributed by atoms with Gasteiger partial charge >= 0.3 is 12.2 Å². The van der Waals surface area contributed by atoms with Crippen molar-refractivity contribution < 1.29 is 32.3 Å². The lowest BCUT2D eigenvalue weighted by Crippen LogP contribution is -2.49. The van der Waals surface area contributed by atoms with E-state index in [1.54, 1.807) is 29.9 Å². The second kappa shape index (κ2) is 8.34. The molecule has 166 valence electrons. The SMILES string of the molecule is Cc1ccc(C(O)(CCNC(=O)NNC(=O)c2cn(C)c3ccccc23)C(F)(F)F)o1. The Kier molecular flexibility index (Phi) is 5.98. The van der Waals surface area contributed by atoms with Crippen molar-refractivity contribution in [1.82, 2.24) is 20.7 Å². The third-order valence-corrected chi connectivity index (χ3v) is 4.82. The minimum Gasteiger partial charge on any atom is -0.463 e. The number of nitrogens with one attached hydrogen (secondary N) is 3. The van der Waals surface area contributed by atoms with Gasteiger partial charge in [0, 0.05) is 37.1 Å². The number of para-hydroxylation sites is 1. The molecular formula is C20H21F3N4O4. The zero-order valence-corrected chi connectivity index (χ0v) is 16.7. The molecule has 31 heavy (non-hydrogen) atoms. The van der Waals surface area contributed by atoms with Gasteiger partial charge in [-0.05, 0) is 25.1 Å². The lowest BCUT2D eigenvalue weighted by Gasteiger charge is -2.28. The lowest BCUT2D eigenvalue weighted by atomic mass is 9.96. The molecule has 8 nitrogen and oxygen atoms in total. The number of furan rings is 1. The van der Waals surface area contributed by atoms with Crippen molar-refractivity contribution in [1.29, 1.82) is 0 Å². The standard InChI is InChI=1S/C20H21F3N4O4/c1-12-7-8-16(31-12)19(30,20(21,22)23)9-10-24-18(29)26-25-17(28)14-11-27(2)15-6-4-3-5-13(14)15/h3-8,11,30H,9-10H2,1-2H3,(H,25,28)(H2,24,26,29). The maximum Gasteiger partial charge on any atom is 0.424 e. The quantitative estimate of drug-likeness (QED) is 0.460. The zero-order valence-electron chi connectivity index (χ0n) is 16.7. The summed E-state index contributed by atoms with van der Waals surface area (Å²) in [7, 11) is 1.77. The highest BCUT2D eigenvalue weighted by Gasteiger charge is 2.56. The molecule has 0 saturated heterocycles. The molecule has 2 aromatic heterocycles. The van der Waals surface area contributed by atoms with E-state index in [0.29, 0.717) is 10.9 Å². The predicted molar refractivity (Wildman–Crippen MR) is 105 cm³/mol. The topological polar surface area (TPSA) is 109 Å². The van der Waals surface area contributed by atoms with Crippen molar-refractivity contribution in [3.63, 3.8) is 0 Å². The first kappa shape index (κ1) is 22.2. The molecule has 1 aromatic carbocycles. The van der Waals surface area contributed by atoms with Crippen molar-refractivity contribution in [3.8, 4) is 0 Å². The van der Waals surface area contributed by atoms with Crippen molar-refractivity contribution in [2.75, 3.05) is 6.54 Å². The number of amides is 3. The number of halogens is 3. The number of aliphatic hydroxyl groups is 1. The number of hydrazine groups is 1. The molecule has 11 heteroatoms. The highest BCUT2D eigenvalue weighted by atomic mass is 19.4. The summed E-state index contributed by atoms with van der Waals surface area (Å²) in [5, 5.41) is 13.0. The van der Waals surface area contributed by atoms with E-state index in [2.05, 4.69) is 16.2 Å². The Morgan fingerprint density at radius 2 is 1.84 bits per heavy atom. The van der Waals surface area contributed by atoms with Gasteiger partial charge in [0.2, 0.25) is 5.60 Å². The number of hydrogen-bond donors (Lipinski definition) is 4. The number of carbonyl (C=O) groups excluding carboxylic acids is 2. The number of alkyl halides is 3. The number of rotatable bonds is 5. The van der Waals surface area contributed by atoms with Crippen LogP contribution in [0, 0.1) is 6.92 Å². The second-order valence-electron chi connectivity index (χ2n) is 7.02. The number of nitrogens with zero attached hydrogens (tertiary/aromatic N) is 1. The maximum absolute atomic E-state index is 13.4. The first-order valence-corrected chi connectivity index (χ1v) is 9.27. The fourth-order valence-electron chi connectivity index (χ4n) is 3.17. The van der Waals surface area contributed by atoms with E-state index in [9.17, 15) is 27.9 Å². The Bertz CT molecular complexity index is 1110. The fraction of sp³-hybridized carbons (Fsp3) is 0.300. The van der Waals surface area contributed by atoms with Gasteiger partial charge in [-0.2, -0.15) is 13.2 Å². The van der Waals surface area contributed by atoms with Crippen LogP contribution in [0.4, 0.5) is 18.0 Å². The Labute approximate surface area is 175 Å². The van der Waals surface area contributed by atoms with Gasteiger partial charge in [0.1, 0.15) is 11.5 Å². The Balaban J connectivity index is 1.56. The molecule has 1 unspecified atom stereocenters. The van der Waals surface area contributed by atoms with Gasteiger partial charge in [-0.25, -0.2) is 10.2 Å². The molecule has 3 amide bonds. The van der Waals surface area contributed by atoms with Crippen LogP contribution in [0.1, 0.15) is 28.3 Å². The number of carbonyl (C=O) groups is 2. The molecule has 0 aliphatic carbocycles. The van der Waals surface area contributed by atoms with E-state index < -0.39 is 42.4 Å². The van der Waals surface area contributed by atoms with Crippen molar-refractivity contribution in [3.05, 3.63) is 59.7 Å². The summed E-state index contributed by atoms with van der Waals surface area (Å²) in [6.45, 7) is 0.913. The third kappa shape index (κ3) is 4.50. The first-order valence-electron chi connectivity index (χ1n) is 9.27. The van der Waals surface area contributed by atoms with Crippen LogP contribution in [0.3, 0.4) is 0 Å². The maximum atomic E-state index is 13.4. The zero-order chi connectivity index (χ0) is 22.8. The number of aryl methyl sites for hydroxylation is 2. The molecule has 2 heterocycles. The molecule has 0 aliphatic rings. The van der Waals surface area contributed by atoms with E-state index in [-0.39, 0.29) is 5.76 Å². The van der Waals surface area contributed by atoms with Crippen molar-refractivity contribution in [2.24, 2.45) is 7.05 Å². The van der Waals surface area contributed by atoms with Gasteiger partial charge in [-0.15, -0.1) is 0 Å². The minimum atomic E-state index is -5.02. The van der Waals surface area contributed by atoms with E-state index in [4.69, 9.17) is 4.42 Å². The van der Waals surface area contributed by atoms with Crippen LogP contribution in [0.15, 0.2) is 47.0 Å². The van der Waals surface area contributed by atoms with Crippen LogP contribution >= 0.6 is 0 Å². The third-order valence-electron chi connectivity index (χ3n) is 4.82. The smallest absolute Gasteiger partial charge is 0.424 e. The summed E-state index contributed by atoms with van der Waals surface area (Å²) >= 11 is 0. The summed E-state index contributed by atoms with van der Waals surface area (Å²) in [6, 6.07) is 8.56. The number of aromatic nitrogens is 1. The molecule has 1 atom stereocenters. The largest absolute Gasteiger partial charge is 0.463 e. The minimum absolute atomic E-state index is 0.208. The summed E-state index contributed by atoms with van der Waals surface area (Å²) < 4.78 is 46.9. The van der Waals surface area contributed by atoms with Gasteiger partial charge in [0.15, 0.2) is 0 Å². The number of fused-ring (bicyclic) bond motifs is 1. The summed E-state index contributed by atoms with van der Waals surface area (Å²) in [5.74, 6) is -1.05. The predicted octanol–water partition coefficient (Wildman–Crippen LogP) is 2.86. The second-order valence-corrected chi connectivity index (χ2v) is 7.02. The van der Waals surface area contributed by atoms with Gasteiger partial charge < -0.3 is 19.4 Å². The Morgan fingerprint density at radius 3 is 2.48 bits per heavy atom. The summed E-state index contributed by atoms with van der Waals surface area (Å²) in [4.78, 5) is 24.3. The summed E-state index contributed by atoms with van der Waals surface area (Å²) in [6.07, 6.45) is -4.31. The van der Waals surface area contributed by atoms with Gasteiger partial charge in [-0.3, -0.25) is 10.2 Å². The van der Waals surface area contributed by atoms with Gasteiger partial charge in [-0.1, -0.05) is 18.2 Å². The van der Waals surface area contributed by atoms with Crippen LogP contribution in [0.2, 0.25) is 0 Å².